The van der Waals surface area contributed by atoms with Crippen LogP contribution in [0, 0.1) is 18.7 Å². The van der Waals surface area contributed by atoms with Crippen LogP contribution in [0.1, 0.15) is 66.7 Å². The second-order valence-electron chi connectivity index (χ2n) is 7.70. The molecular formula is C22H30FN3O2. The van der Waals surface area contributed by atoms with Crippen LogP contribution in [0.25, 0.3) is 0 Å². The molecule has 152 valence electrons. The number of hydrogen-bond acceptors (Lipinski definition) is 3. The molecule has 0 atom stereocenters. The van der Waals surface area contributed by atoms with Crippen molar-refractivity contribution in [1.82, 2.24) is 15.1 Å². The molecule has 0 bridgehead atoms. The van der Waals surface area contributed by atoms with Gasteiger partial charge in [-0.1, -0.05) is 50.7 Å². The summed E-state index contributed by atoms with van der Waals surface area (Å²) in [5, 5.41) is 6.90. The molecule has 1 fully saturated rings. The third kappa shape index (κ3) is 5.81. The van der Waals surface area contributed by atoms with E-state index in [2.05, 4.69) is 10.4 Å². The summed E-state index contributed by atoms with van der Waals surface area (Å²) in [7, 11) is 1.71. The van der Waals surface area contributed by atoms with Crippen molar-refractivity contribution in [3.8, 4) is 5.75 Å². The molecule has 28 heavy (non-hydrogen) atoms. The van der Waals surface area contributed by atoms with Crippen molar-refractivity contribution < 1.29 is 13.9 Å². The van der Waals surface area contributed by atoms with Crippen LogP contribution in [0.15, 0.2) is 24.3 Å². The number of aromatic nitrogens is 2. The molecular weight excluding hydrogens is 357 g/mol. The lowest BCUT2D eigenvalue weighted by Gasteiger charge is -2.11. The van der Waals surface area contributed by atoms with Crippen LogP contribution in [0.2, 0.25) is 0 Å². The minimum Gasteiger partial charge on any atom is -0.491 e. The van der Waals surface area contributed by atoms with Crippen LogP contribution in [-0.4, -0.2) is 22.3 Å². The number of amides is 1. The average molecular weight is 387 g/mol. The van der Waals surface area contributed by atoms with Crippen molar-refractivity contribution in [3.63, 3.8) is 0 Å². The standard InChI is InChI=1S/C22H30FN3O2/c1-16-14-19(26(2)25-16)22(27)24-15-18-9-7-10-20(21(18)23)28-13-6-4-3-5-8-17-11-12-17/h7,9-10,14,17H,3-6,8,11-13,15H2,1-2H3,(H,24,27). The van der Waals surface area contributed by atoms with Crippen LogP contribution in [0.3, 0.4) is 0 Å². The van der Waals surface area contributed by atoms with Crippen LogP contribution in [0.4, 0.5) is 4.39 Å². The minimum atomic E-state index is -0.405. The van der Waals surface area contributed by atoms with Gasteiger partial charge in [0.1, 0.15) is 5.69 Å². The summed E-state index contributed by atoms with van der Waals surface area (Å²) < 4.78 is 21.8. The van der Waals surface area contributed by atoms with E-state index in [4.69, 9.17) is 4.74 Å². The number of unbranched alkanes of at least 4 members (excludes halogenated alkanes) is 3. The van der Waals surface area contributed by atoms with Crippen molar-refractivity contribution in [2.45, 2.75) is 58.4 Å². The van der Waals surface area contributed by atoms with E-state index < -0.39 is 5.82 Å². The molecule has 2 aromatic rings. The van der Waals surface area contributed by atoms with Gasteiger partial charge in [-0.2, -0.15) is 5.10 Å². The highest BCUT2D eigenvalue weighted by Gasteiger charge is 2.19. The van der Waals surface area contributed by atoms with Gasteiger partial charge in [0.05, 0.1) is 12.3 Å². The topological polar surface area (TPSA) is 56.1 Å². The van der Waals surface area contributed by atoms with E-state index in [-0.39, 0.29) is 18.2 Å². The molecule has 6 heteroatoms. The summed E-state index contributed by atoms with van der Waals surface area (Å²) in [6, 6.07) is 6.76. The van der Waals surface area contributed by atoms with Crippen LogP contribution in [0.5, 0.6) is 5.75 Å². The Bertz CT molecular complexity index is 799. The molecule has 1 saturated carbocycles. The molecule has 1 aromatic carbocycles. The van der Waals surface area contributed by atoms with E-state index >= 15 is 0 Å². The zero-order valence-electron chi connectivity index (χ0n) is 16.8. The Balaban J connectivity index is 1.42. The lowest BCUT2D eigenvalue weighted by atomic mass is 10.1. The number of carbonyl (C=O) groups is 1. The highest BCUT2D eigenvalue weighted by molar-refractivity contribution is 5.92. The normalized spacial score (nSPS) is 13.5. The molecule has 1 aromatic heterocycles. The quantitative estimate of drug-likeness (QED) is 0.576. The average Bonchev–Trinajstić information content (AvgIpc) is 3.43. The van der Waals surface area contributed by atoms with Gasteiger partial charge in [-0.05, 0) is 31.4 Å². The van der Waals surface area contributed by atoms with Crippen molar-refractivity contribution in [2.75, 3.05) is 6.61 Å². The fourth-order valence-corrected chi connectivity index (χ4v) is 3.37. The SMILES string of the molecule is Cc1cc(C(=O)NCc2cccc(OCCCCCCC3CC3)c2F)n(C)n1. The van der Waals surface area contributed by atoms with Gasteiger partial charge in [0, 0.05) is 19.2 Å². The zero-order chi connectivity index (χ0) is 19.9. The number of halogens is 1. The molecule has 0 aliphatic heterocycles. The number of ether oxygens (including phenoxy) is 1. The molecule has 5 nitrogen and oxygen atoms in total. The Morgan fingerprint density at radius 1 is 1.29 bits per heavy atom. The molecule has 1 N–H and O–H groups in total. The van der Waals surface area contributed by atoms with Gasteiger partial charge < -0.3 is 10.1 Å². The van der Waals surface area contributed by atoms with Gasteiger partial charge in [-0.25, -0.2) is 4.39 Å². The molecule has 1 aliphatic carbocycles. The van der Waals surface area contributed by atoms with E-state index in [1.165, 1.54) is 36.8 Å². The highest BCUT2D eigenvalue weighted by atomic mass is 19.1. The van der Waals surface area contributed by atoms with Gasteiger partial charge >= 0.3 is 0 Å². The second-order valence-corrected chi connectivity index (χ2v) is 7.70. The molecule has 0 spiro atoms. The van der Waals surface area contributed by atoms with Gasteiger partial charge in [-0.3, -0.25) is 9.48 Å². The summed E-state index contributed by atoms with van der Waals surface area (Å²) in [5.41, 5.74) is 1.63. The van der Waals surface area contributed by atoms with Crippen LogP contribution >= 0.6 is 0 Å². The van der Waals surface area contributed by atoms with Gasteiger partial charge in [0.2, 0.25) is 0 Å². The van der Waals surface area contributed by atoms with E-state index in [9.17, 15) is 9.18 Å². The first-order valence-corrected chi connectivity index (χ1v) is 10.2. The predicted molar refractivity (Wildman–Crippen MR) is 107 cm³/mol. The Kier molecular flexibility index (Phi) is 7.06. The second kappa shape index (κ2) is 9.71. The van der Waals surface area contributed by atoms with Crippen molar-refractivity contribution in [1.29, 1.82) is 0 Å². The summed E-state index contributed by atoms with van der Waals surface area (Å²) in [6.07, 6.45) is 8.77. The number of rotatable bonds is 11. The largest absolute Gasteiger partial charge is 0.491 e. The first-order chi connectivity index (χ1) is 13.5. The zero-order valence-corrected chi connectivity index (χ0v) is 16.8. The smallest absolute Gasteiger partial charge is 0.269 e. The van der Waals surface area contributed by atoms with Crippen molar-refractivity contribution in [3.05, 3.63) is 47.0 Å². The summed E-state index contributed by atoms with van der Waals surface area (Å²) >= 11 is 0. The fraction of sp³-hybridized carbons (Fsp3) is 0.545. The summed E-state index contributed by atoms with van der Waals surface area (Å²) in [4.78, 5) is 12.3. The lowest BCUT2D eigenvalue weighted by molar-refractivity contribution is 0.0941. The lowest BCUT2D eigenvalue weighted by Crippen LogP contribution is -2.25. The first-order valence-electron chi connectivity index (χ1n) is 10.2. The summed E-state index contributed by atoms with van der Waals surface area (Å²) in [6.45, 7) is 2.45. The monoisotopic (exact) mass is 387 g/mol. The number of hydrogen-bond donors (Lipinski definition) is 1. The third-order valence-electron chi connectivity index (χ3n) is 5.18. The Hall–Kier alpha value is -2.37. The number of nitrogens with zero attached hydrogens (tertiary/aromatic N) is 2. The molecule has 1 amide bonds. The van der Waals surface area contributed by atoms with Crippen LogP contribution in [-0.2, 0) is 13.6 Å². The van der Waals surface area contributed by atoms with Gasteiger partial charge in [0.25, 0.3) is 5.91 Å². The first kappa shape index (κ1) is 20.4. The predicted octanol–water partition coefficient (Wildman–Crippen LogP) is 4.54. The maximum atomic E-state index is 14.6. The number of aryl methyl sites for hydroxylation is 2. The highest BCUT2D eigenvalue weighted by Crippen LogP contribution is 2.34. The third-order valence-corrected chi connectivity index (χ3v) is 5.18. The molecule has 1 aliphatic rings. The molecule has 3 rings (SSSR count). The van der Waals surface area contributed by atoms with Crippen molar-refractivity contribution >= 4 is 5.91 Å². The Morgan fingerprint density at radius 2 is 2.07 bits per heavy atom. The number of nitrogens with one attached hydrogen (secondary N) is 1. The fourth-order valence-electron chi connectivity index (χ4n) is 3.37. The Morgan fingerprint density at radius 3 is 2.79 bits per heavy atom. The number of benzene rings is 1. The molecule has 1 heterocycles. The molecule has 0 radical (unpaired) electrons. The maximum absolute atomic E-state index is 14.6. The molecule has 0 unspecified atom stereocenters. The van der Waals surface area contributed by atoms with Crippen LogP contribution < -0.4 is 10.1 Å². The van der Waals surface area contributed by atoms with E-state index in [1.807, 2.05) is 6.92 Å². The van der Waals surface area contributed by atoms with E-state index in [1.54, 1.807) is 31.3 Å². The van der Waals surface area contributed by atoms with E-state index in [0.717, 1.165) is 24.5 Å². The van der Waals surface area contributed by atoms with Gasteiger partial charge in [-0.15, -0.1) is 0 Å². The number of carbonyl (C=O) groups excluding carboxylic acids is 1. The maximum Gasteiger partial charge on any atom is 0.269 e. The summed E-state index contributed by atoms with van der Waals surface area (Å²) in [5.74, 6) is 0.564. The van der Waals surface area contributed by atoms with E-state index in [0.29, 0.717) is 17.9 Å². The van der Waals surface area contributed by atoms with Gasteiger partial charge in [0.15, 0.2) is 11.6 Å². The Labute approximate surface area is 166 Å². The molecule has 0 saturated heterocycles. The van der Waals surface area contributed by atoms with Crippen molar-refractivity contribution in [2.24, 2.45) is 13.0 Å². The minimum absolute atomic E-state index is 0.104.